The van der Waals surface area contributed by atoms with Crippen molar-refractivity contribution >= 4 is 12.1 Å². The number of imidazole rings is 1. The van der Waals surface area contributed by atoms with Crippen LogP contribution in [0.5, 0.6) is 0 Å². The summed E-state index contributed by atoms with van der Waals surface area (Å²) in [5.41, 5.74) is 2.18. The van der Waals surface area contributed by atoms with Gasteiger partial charge in [0.05, 0.1) is 18.1 Å². The highest BCUT2D eigenvalue weighted by Gasteiger charge is 2.07. The first-order valence-electron chi connectivity index (χ1n) is 4.67. The highest BCUT2D eigenvalue weighted by Crippen LogP contribution is 2.18. The van der Waals surface area contributed by atoms with E-state index >= 15 is 0 Å². The van der Waals surface area contributed by atoms with Crippen LogP contribution >= 0.6 is 0 Å². The second-order valence-electron chi connectivity index (χ2n) is 3.27. The summed E-state index contributed by atoms with van der Waals surface area (Å²) in [7, 11) is 0. The zero-order valence-electron chi connectivity index (χ0n) is 8.16. The lowest BCUT2D eigenvalue weighted by Crippen LogP contribution is -1.94. The van der Waals surface area contributed by atoms with Crippen LogP contribution in [0.4, 0.5) is 0 Å². The summed E-state index contributed by atoms with van der Waals surface area (Å²) in [6, 6.07) is 1.64. The minimum absolute atomic E-state index is 0.372. The number of carbonyl (C=O) groups is 1. The minimum atomic E-state index is 0.372. The maximum absolute atomic E-state index is 10.6. The van der Waals surface area contributed by atoms with Gasteiger partial charge in [0.1, 0.15) is 5.69 Å². The third kappa shape index (κ3) is 1.20. The Morgan fingerprint density at radius 1 is 1.38 bits per heavy atom. The monoisotopic (exact) mass is 213 g/mol. The summed E-state index contributed by atoms with van der Waals surface area (Å²) in [6.07, 6.45) is 7.64. The van der Waals surface area contributed by atoms with Gasteiger partial charge in [0.15, 0.2) is 6.29 Å². The van der Waals surface area contributed by atoms with Crippen molar-refractivity contribution in [3.05, 3.63) is 36.5 Å². The normalized spacial score (nSPS) is 10.8. The Balaban J connectivity index is 2.25. The standard InChI is InChI=1S/C10H7N5O/c16-6-8-1-2-15-9(5-11-10(15)14-8)7-3-12-13-4-7/h1-6H,(H,12,13). The van der Waals surface area contributed by atoms with Crippen LogP contribution in [-0.2, 0) is 0 Å². The molecule has 78 valence electrons. The Labute approximate surface area is 90.0 Å². The third-order valence-corrected chi connectivity index (χ3v) is 2.32. The number of rotatable bonds is 2. The summed E-state index contributed by atoms with van der Waals surface area (Å²) >= 11 is 0. The SMILES string of the molecule is O=Cc1ccn2c(-c3cn[nH]c3)cnc2n1. The average molecular weight is 213 g/mol. The average Bonchev–Trinajstić information content (AvgIpc) is 2.96. The molecule has 6 heteroatoms. The van der Waals surface area contributed by atoms with Gasteiger partial charge in [0.25, 0.3) is 0 Å². The number of aldehydes is 1. The lowest BCUT2D eigenvalue weighted by atomic mass is 10.3. The van der Waals surface area contributed by atoms with E-state index < -0.39 is 0 Å². The van der Waals surface area contributed by atoms with Gasteiger partial charge >= 0.3 is 0 Å². The van der Waals surface area contributed by atoms with Crippen LogP contribution in [0, 0.1) is 0 Å². The van der Waals surface area contributed by atoms with E-state index in [1.54, 1.807) is 35.3 Å². The summed E-state index contributed by atoms with van der Waals surface area (Å²) in [4.78, 5) is 18.8. The first-order chi connectivity index (χ1) is 7.88. The Bertz CT molecular complexity index is 640. The molecule has 16 heavy (non-hydrogen) atoms. The van der Waals surface area contributed by atoms with Crippen molar-refractivity contribution in [3.63, 3.8) is 0 Å². The Morgan fingerprint density at radius 3 is 3.06 bits per heavy atom. The first kappa shape index (κ1) is 8.78. The van der Waals surface area contributed by atoms with Crippen LogP contribution in [0.3, 0.4) is 0 Å². The van der Waals surface area contributed by atoms with Gasteiger partial charge < -0.3 is 0 Å². The molecule has 0 aromatic carbocycles. The highest BCUT2D eigenvalue weighted by atomic mass is 16.1. The van der Waals surface area contributed by atoms with E-state index in [0.29, 0.717) is 17.8 Å². The van der Waals surface area contributed by atoms with Crippen LogP contribution in [0.25, 0.3) is 17.0 Å². The van der Waals surface area contributed by atoms with Crippen molar-refractivity contribution in [1.82, 2.24) is 24.6 Å². The van der Waals surface area contributed by atoms with E-state index in [-0.39, 0.29) is 0 Å². The topological polar surface area (TPSA) is 75.9 Å². The largest absolute Gasteiger partial charge is 0.296 e. The zero-order chi connectivity index (χ0) is 11.0. The maximum Gasteiger partial charge on any atom is 0.234 e. The fraction of sp³-hybridized carbons (Fsp3) is 0. The van der Waals surface area contributed by atoms with E-state index in [9.17, 15) is 4.79 Å². The fourth-order valence-electron chi connectivity index (χ4n) is 1.55. The van der Waals surface area contributed by atoms with Gasteiger partial charge in [0.2, 0.25) is 5.78 Å². The lowest BCUT2D eigenvalue weighted by molar-refractivity contribution is 0.111. The number of hydrogen-bond acceptors (Lipinski definition) is 4. The molecule has 0 aliphatic heterocycles. The van der Waals surface area contributed by atoms with Crippen LogP contribution < -0.4 is 0 Å². The van der Waals surface area contributed by atoms with Crippen molar-refractivity contribution in [2.24, 2.45) is 0 Å². The Kier molecular flexibility index (Phi) is 1.79. The number of nitrogens with zero attached hydrogens (tertiary/aromatic N) is 4. The molecule has 0 aliphatic rings. The van der Waals surface area contributed by atoms with Gasteiger partial charge in [-0.05, 0) is 6.07 Å². The molecule has 0 radical (unpaired) electrons. The van der Waals surface area contributed by atoms with E-state index in [0.717, 1.165) is 11.3 Å². The highest BCUT2D eigenvalue weighted by molar-refractivity contribution is 5.73. The molecule has 3 rings (SSSR count). The third-order valence-electron chi connectivity index (χ3n) is 2.32. The number of fused-ring (bicyclic) bond motifs is 1. The second-order valence-corrected chi connectivity index (χ2v) is 3.27. The molecule has 0 unspecified atom stereocenters. The first-order valence-corrected chi connectivity index (χ1v) is 4.67. The molecule has 0 saturated carbocycles. The van der Waals surface area contributed by atoms with Crippen molar-refractivity contribution in [2.45, 2.75) is 0 Å². The van der Waals surface area contributed by atoms with Crippen LogP contribution in [0.2, 0.25) is 0 Å². The molecule has 3 heterocycles. The predicted octanol–water partition coefficient (Wildman–Crippen LogP) is 0.932. The van der Waals surface area contributed by atoms with Crippen LogP contribution in [0.15, 0.2) is 30.9 Å². The lowest BCUT2D eigenvalue weighted by Gasteiger charge is -1.97. The maximum atomic E-state index is 10.6. The van der Waals surface area contributed by atoms with Gasteiger partial charge in [-0.15, -0.1) is 0 Å². The van der Waals surface area contributed by atoms with Gasteiger partial charge in [0, 0.05) is 18.0 Å². The molecule has 0 aliphatic carbocycles. The summed E-state index contributed by atoms with van der Waals surface area (Å²) in [5.74, 6) is 0.501. The van der Waals surface area contributed by atoms with Gasteiger partial charge in [-0.1, -0.05) is 0 Å². The van der Waals surface area contributed by atoms with E-state index in [1.807, 2.05) is 0 Å². The summed E-state index contributed by atoms with van der Waals surface area (Å²) in [6.45, 7) is 0. The smallest absolute Gasteiger partial charge is 0.234 e. The second kappa shape index (κ2) is 3.27. The molecular weight excluding hydrogens is 206 g/mol. The van der Waals surface area contributed by atoms with E-state index in [2.05, 4.69) is 20.2 Å². The molecule has 0 spiro atoms. The van der Waals surface area contributed by atoms with Crippen molar-refractivity contribution in [1.29, 1.82) is 0 Å². The van der Waals surface area contributed by atoms with Gasteiger partial charge in [-0.2, -0.15) is 5.10 Å². The number of hydrogen-bond donors (Lipinski definition) is 1. The molecule has 0 saturated heterocycles. The molecule has 6 nitrogen and oxygen atoms in total. The molecule has 0 fully saturated rings. The molecule has 0 amide bonds. The minimum Gasteiger partial charge on any atom is -0.296 e. The van der Waals surface area contributed by atoms with E-state index in [1.165, 1.54) is 0 Å². The van der Waals surface area contributed by atoms with Crippen molar-refractivity contribution < 1.29 is 4.79 Å². The fourth-order valence-corrected chi connectivity index (χ4v) is 1.55. The number of carbonyl (C=O) groups excluding carboxylic acids is 1. The zero-order valence-corrected chi connectivity index (χ0v) is 8.16. The number of H-pyrrole nitrogens is 1. The molecule has 0 atom stereocenters. The van der Waals surface area contributed by atoms with Crippen molar-refractivity contribution in [3.8, 4) is 11.3 Å². The van der Waals surface area contributed by atoms with Gasteiger partial charge in [-0.3, -0.25) is 14.3 Å². The molecular formula is C10H7N5O. The van der Waals surface area contributed by atoms with Crippen molar-refractivity contribution in [2.75, 3.05) is 0 Å². The Hall–Kier alpha value is -2.50. The van der Waals surface area contributed by atoms with Crippen LogP contribution in [-0.4, -0.2) is 30.9 Å². The predicted molar refractivity (Wildman–Crippen MR) is 56.0 cm³/mol. The summed E-state index contributed by atoms with van der Waals surface area (Å²) < 4.78 is 1.80. The molecule has 1 N–H and O–H groups in total. The molecule has 0 bridgehead atoms. The number of aromatic nitrogens is 5. The molecule has 3 aromatic heterocycles. The van der Waals surface area contributed by atoms with Gasteiger partial charge in [-0.25, -0.2) is 9.97 Å². The summed E-state index contributed by atoms with van der Waals surface area (Å²) in [5, 5.41) is 6.61. The van der Waals surface area contributed by atoms with E-state index in [4.69, 9.17) is 0 Å². The Morgan fingerprint density at radius 2 is 2.31 bits per heavy atom. The quantitative estimate of drug-likeness (QED) is 0.642. The number of aromatic amines is 1. The number of nitrogens with one attached hydrogen (secondary N) is 1. The van der Waals surface area contributed by atoms with Crippen LogP contribution in [0.1, 0.15) is 10.5 Å². The molecule has 3 aromatic rings.